The predicted molar refractivity (Wildman–Crippen MR) is 78.5 cm³/mol. The first-order valence-corrected chi connectivity index (χ1v) is 6.82. The molecule has 0 fully saturated rings. The average molecular weight is 252 g/mol. The number of benzene rings is 1. The number of nitrogens with zero attached hydrogens (tertiary/aromatic N) is 2. The molecule has 0 aliphatic heterocycles. The van der Waals surface area contributed by atoms with E-state index in [1.54, 1.807) is 6.20 Å². The van der Waals surface area contributed by atoms with Crippen molar-refractivity contribution >= 4 is 11.5 Å². The smallest absolute Gasteiger partial charge is 0.0650 e. The fourth-order valence-corrected chi connectivity index (χ4v) is 1.07. The Bertz CT molecular complexity index is 317. The van der Waals surface area contributed by atoms with Crippen molar-refractivity contribution < 1.29 is 0 Å². The maximum atomic E-state index is 3.61. The first-order chi connectivity index (χ1) is 8.29. The highest BCUT2D eigenvalue weighted by molar-refractivity contribution is 7.05. The normalized spacial score (nSPS) is 7.41. The monoisotopic (exact) mass is 252 g/mol. The molecule has 2 rings (SSSR count). The molecule has 0 amide bonds. The minimum Gasteiger partial charge on any atom is -0.146 e. The van der Waals surface area contributed by atoms with Crippen LogP contribution in [0.2, 0.25) is 0 Å². The zero-order valence-corrected chi connectivity index (χ0v) is 12.6. The summed E-state index contributed by atoms with van der Waals surface area (Å²) in [4.78, 5) is 1.16. The average Bonchev–Trinajstić information content (AvgIpc) is 2.87. The molecule has 2 nitrogen and oxygen atoms in total. The van der Waals surface area contributed by atoms with Gasteiger partial charge in [-0.15, -0.1) is 5.10 Å². The quantitative estimate of drug-likeness (QED) is 0.667. The molecule has 0 spiro atoms. The second-order valence-corrected chi connectivity index (χ2v) is 3.67. The van der Waals surface area contributed by atoms with Gasteiger partial charge < -0.3 is 0 Å². The van der Waals surface area contributed by atoms with Crippen molar-refractivity contribution in [2.24, 2.45) is 0 Å². The summed E-state index contributed by atoms with van der Waals surface area (Å²) in [5, 5.41) is 3.59. The van der Waals surface area contributed by atoms with Crippen LogP contribution in [-0.4, -0.2) is 9.59 Å². The Balaban J connectivity index is 0. The molecule has 0 saturated heterocycles. The Morgan fingerprint density at radius 3 is 1.59 bits per heavy atom. The molecule has 17 heavy (non-hydrogen) atoms. The van der Waals surface area contributed by atoms with E-state index in [0.29, 0.717) is 0 Å². The van der Waals surface area contributed by atoms with Crippen molar-refractivity contribution in [2.45, 2.75) is 41.5 Å². The Morgan fingerprint density at radius 1 is 0.882 bits per heavy atom. The minimum absolute atomic E-state index is 1.16. The minimum atomic E-state index is 1.16. The molecule has 0 unspecified atom stereocenters. The highest BCUT2D eigenvalue weighted by Gasteiger charge is 1.78. The molecule has 0 atom stereocenters. The van der Waals surface area contributed by atoms with Crippen LogP contribution in [0.1, 0.15) is 38.1 Å². The lowest BCUT2D eigenvalue weighted by Crippen LogP contribution is -1.62. The summed E-state index contributed by atoms with van der Waals surface area (Å²) in [6.45, 7) is 12.1. The fraction of sp³-hybridized carbons (Fsp3) is 0.429. The number of aryl methyl sites for hydroxylation is 2. The second-order valence-electron chi connectivity index (χ2n) is 2.68. The number of hydrogen-bond donors (Lipinski definition) is 0. The van der Waals surface area contributed by atoms with Crippen LogP contribution in [0.3, 0.4) is 0 Å². The van der Waals surface area contributed by atoms with Crippen LogP contribution in [0, 0.1) is 13.8 Å². The molecule has 96 valence electrons. The van der Waals surface area contributed by atoms with Crippen molar-refractivity contribution in [3.8, 4) is 0 Å². The molecule has 0 radical (unpaired) electrons. The number of hydrogen-bond acceptors (Lipinski definition) is 3. The Labute approximate surface area is 110 Å². The molecule has 1 aromatic carbocycles. The maximum absolute atomic E-state index is 3.61. The van der Waals surface area contributed by atoms with E-state index in [-0.39, 0.29) is 0 Å². The van der Waals surface area contributed by atoms with E-state index in [2.05, 4.69) is 28.6 Å². The molecule has 0 N–H and O–H groups in total. The summed E-state index contributed by atoms with van der Waals surface area (Å²) in [7, 11) is 0. The zero-order valence-electron chi connectivity index (χ0n) is 11.8. The van der Waals surface area contributed by atoms with E-state index >= 15 is 0 Å². The number of rotatable bonds is 0. The Hall–Kier alpha value is -1.22. The van der Waals surface area contributed by atoms with E-state index in [1.165, 1.54) is 17.1 Å². The second kappa shape index (κ2) is 14.8. The van der Waals surface area contributed by atoms with Gasteiger partial charge in [-0.25, -0.2) is 0 Å². The van der Waals surface area contributed by atoms with Crippen LogP contribution in [0.5, 0.6) is 0 Å². The van der Waals surface area contributed by atoms with Crippen molar-refractivity contribution in [1.29, 1.82) is 0 Å². The van der Waals surface area contributed by atoms with Gasteiger partial charge in [0.1, 0.15) is 0 Å². The Kier molecular flexibility index (Phi) is 15.8. The van der Waals surface area contributed by atoms with Gasteiger partial charge in [-0.05, 0) is 25.4 Å². The molecule has 1 aromatic heterocycles. The van der Waals surface area contributed by atoms with Gasteiger partial charge >= 0.3 is 0 Å². The fourth-order valence-electron chi connectivity index (χ4n) is 0.751. The third kappa shape index (κ3) is 12.7. The largest absolute Gasteiger partial charge is 0.146 e. The predicted octanol–water partition coefficient (Wildman–Crippen LogP) is 4.89. The van der Waals surface area contributed by atoms with E-state index in [1.807, 2.05) is 52.8 Å². The van der Waals surface area contributed by atoms with E-state index in [0.717, 1.165) is 4.88 Å². The van der Waals surface area contributed by atoms with Gasteiger partial charge in [-0.3, -0.25) is 0 Å². The van der Waals surface area contributed by atoms with E-state index in [4.69, 9.17) is 0 Å². The van der Waals surface area contributed by atoms with E-state index < -0.39 is 0 Å². The summed E-state index contributed by atoms with van der Waals surface area (Å²) >= 11 is 1.42. The van der Waals surface area contributed by atoms with Gasteiger partial charge in [0.15, 0.2) is 0 Å². The van der Waals surface area contributed by atoms with E-state index in [9.17, 15) is 0 Å². The highest BCUT2D eigenvalue weighted by Crippen LogP contribution is 1.95. The van der Waals surface area contributed by atoms with Gasteiger partial charge in [-0.1, -0.05) is 68.1 Å². The third-order valence-electron chi connectivity index (χ3n) is 1.41. The van der Waals surface area contributed by atoms with Crippen molar-refractivity contribution in [3.63, 3.8) is 0 Å². The van der Waals surface area contributed by atoms with Gasteiger partial charge in [-0.2, -0.15) is 0 Å². The van der Waals surface area contributed by atoms with Gasteiger partial charge in [0.05, 0.1) is 6.20 Å². The van der Waals surface area contributed by atoms with Gasteiger partial charge in [0.2, 0.25) is 0 Å². The molecular weight excluding hydrogens is 228 g/mol. The summed E-state index contributed by atoms with van der Waals surface area (Å²) in [6.07, 6.45) is 1.74. The van der Waals surface area contributed by atoms with Crippen LogP contribution in [0.15, 0.2) is 36.5 Å². The molecule has 0 aliphatic rings. The van der Waals surface area contributed by atoms with Crippen LogP contribution in [0.25, 0.3) is 0 Å². The molecular formula is C14H24N2S. The van der Waals surface area contributed by atoms with Crippen LogP contribution >= 0.6 is 11.5 Å². The molecule has 3 heteroatoms. The van der Waals surface area contributed by atoms with Crippen molar-refractivity contribution in [3.05, 3.63) is 47.0 Å². The summed E-state index contributed by atoms with van der Waals surface area (Å²) < 4.78 is 3.61. The maximum Gasteiger partial charge on any atom is 0.0650 e. The summed E-state index contributed by atoms with van der Waals surface area (Å²) in [5.74, 6) is 0. The molecule has 0 saturated carbocycles. The molecule has 0 aliphatic carbocycles. The number of aromatic nitrogens is 2. The Morgan fingerprint density at radius 2 is 1.41 bits per heavy atom. The summed E-state index contributed by atoms with van der Waals surface area (Å²) in [5.41, 5.74) is 1.32. The van der Waals surface area contributed by atoms with Crippen molar-refractivity contribution in [1.82, 2.24) is 9.59 Å². The lowest BCUT2D eigenvalue weighted by molar-refractivity contribution is 1.15. The lowest BCUT2D eigenvalue weighted by Gasteiger charge is -1.82. The van der Waals surface area contributed by atoms with Gasteiger partial charge in [0.25, 0.3) is 0 Å². The SMILES string of the molecule is CC.CC.Cc1ccccc1.Cc1cnns1. The molecule has 2 aromatic rings. The van der Waals surface area contributed by atoms with Crippen LogP contribution in [0.4, 0.5) is 0 Å². The van der Waals surface area contributed by atoms with Crippen LogP contribution < -0.4 is 0 Å². The lowest BCUT2D eigenvalue weighted by atomic mass is 10.2. The molecule has 1 heterocycles. The topological polar surface area (TPSA) is 25.8 Å². The van der Waals surface area contributed by atoms with Crippen LogP contribution in [-0.2, 0) is 0 Å². The first kappa shape index (κ1) is 18.2. The standard InChI is InChI=1S/C7H8.C3H4N2S.2C2H6/c1-7-5-3-2-4-6-7;1-3-2-4-5-6-3;2*1-2/h2-6H,1H3;2H,1H3;2*1-2H3. The summed E-state index contributed by atoms with van der Waals surface area (Å²) in [6, 6.07) is 10.3. The zero-order chi connectivity index (χ0) is 13.5. The molecule has 0 bridgehead atoms. The van der Waals surface area contributed by atoms with Crippen molar-refractivity contribution in [2.75, 3.05) is 0 Å². The van der Waals surface area contributed by atoms with Gasteiger partial charge in [0, 0.05) is 4.88 Å². The first-order valence-electron chi connectivity index (χ1n) is 6.04. The highest BCUT2D eigenvalue weighted by atomic mass is 32.1. The third-order valence-corrected chi connectivity index (χ3v) is 1.98.